The van der Waals surface area contributed by atoms with Crippen molar-refractivity contribution in [2.75, 3.05) is 6.79 Å². The summed E-state index contributed by atoms with van der Waals surface area (Å²) < 4.78 is 16.3. The van der Waals surface area contributed by atoms with E-state index in [9.17, 15) is 10.1 Å². The molecule has 7 heteroatoms. The lowest BCUT2D eigenvalue weighted by atomic mass is 10.1. The molecule has 0 saturated heterocycles. The van der Waals surface area contributed by atoms with E-state index in [1.807, 2.05) is 0 Å². The lowest BCUT2D eigenvalue weighted by Gasteiger charge is -2.20. The number of benzene rings is 2. The summed E-state index contributed by atoms with van der Waals surface area (Å²) in [4.78, 5) is 10.6. The number of fused-ring (bicyclic) bond motifs is 1. The van der Waals surface area contributed by atoms with Gasteiger partial charge in [0.15, 0.2) is 6.79 Å². The second kappa shape index (κ2) is 6.21. The van der Waals surface area contributed by atoms with E-state index in [1.165, 1.54) is 12.1 Å². The average molecular weight is 322 g/mol. The molecule has 0 fully saturated rings. The van der Waals surface area contributed by atoms with Crippen molar-refractivity contribution in [1.29, 1.82) is 0 Å². The third-order valence-corrected chi connectivity index (χ3v) is 3.51. The normalized spacial score (nSPS) is 13.1. The number of halogens is 1. The second-order valence-electron chi connectivity index (χ2n) is 4.68. The molecule has 1 heterocycles. The van der Waals surface area contributed by atoms with Crippen LogP contribution >= 0.6 is 11.6 Å². The van der Waals surface area contributed by atoms with Gasteiger partial charge in [-0.25, -0.2) is 0 Å². The van der Waals surface area contributed by atoms with Crippen LogP contribution < -0.4 is 9.47 Å². The zero-order chi connectivity index (χ0) is 15.5. The zero-order valence-corrected chi connectivity index (χ0v) is 12.2. The molecule has 0 amide bonds. The van der Waals surface area contributed by atoms with Crippen LogP contribution in [-0.4, -0.2) is 11.7 Å². The first-order chi connectivity index (χ1) is 10.6. The Morgan fingerprint density at radius 3 is 2.91 bits per heavy atom. The summed E-state index contributed by atoms with van der Waals surface area (Å²) in [5.74, 6) is 1.08. The van der Waals surface area contributed by atoms with Gasteiger partial charge < -0.3 is 14.2 Å². The van der Waals surface area contributed by atoms with Crippen LogP contribution in [0.1, 0.15) is 11.1 Å². The minimum absolute atomic E-state index is 0.0226. The zero-order valence-electron chi connectivity index (χ0n) is 11.5. The molecule has 1 aliphatic heterocycles. The first-order valence-corrected chi connectivity index (χ1v) is 6.91. The van der Waals surface area contributed by atoms with Gasteiger partial charge in [0.25, 0.3) is 5.69 Å². The summed E-state index contributed by atoms with van der Waals surface area (Å²) in [6.45, 7) is 0.508. The van der Waals surface area contributed by atoms with Crippen molar-refractivity contribution in [3.05, 3.63) is 62.7 Å². The Balaban J connectivity index is 1.90. The molecule has 0 atom stereocenters. The molecule has 0 radical (unpaired) electrons. The standard InChI is InChI=1S/C15H12ClNO5/c16-13-3-1-2-4-14(13)21-8-11-6-12(17(18)19)5-10-7-20-9-22-15(10)11/h1-6H,7-9H2. The molecule has 0 spiro atoms. The van der Waals surface area contributed by atoms with Gasteiger partial charge in [0.05, 0.1) is 16.6 Å². The Bertz CT molecular complexity index is 719. The maximum atomic E-state index is 11.0. The third kappa shape index (κ3) is 2.98. The third-order valence-electron chi connectivity index (χ3n) is 3.20. The van der Waals surface area contributed by atoms with Crippen molar-refractivity contribution in [2.45, 2.75) is 13.2 Å². The van der Waals surface area contributed by atoms with E-state index in [0.29, 0.717) is 27.6 Å². The van der Waals surface area contributed by atoms with Gasteiger partial charge in [-0.05, 0) is 12.1 Å². The Hall–Kier alpha value is -2.31. The molecule has 22 heavy (non-hydrogen) atoms. The molecule has 0 aromatic heterocycles. The second-order valence-corrected chi connectivity index (χ2v) is 5.09. The maximum Gasteiger partial charge on any atom is 0.270 e. The molecule has 0 unspecified atom stereocenters. The first-order valence-electron chi connectivity index (χ1n) is 6.53. The van der Waals surface area contributed by atoms with Gasteiger partial charge in [0, 0.05) is 23.3 Å². The Morgan fingerprint density at radius 2 is 2.14 bits per heavy atom. The smallest absolute Gasteiger partial charge is 0.270 e. The average Bonchev–Trinajstić information content (AvgIpc) is 2.53. The molecule has 6 nitrogen and oxygen atoms in total. The number of nitro benzene ring substituents is 1. The number of nitrogens with zero attached hydrogens (tertiary/aromatic N) is 1. The van der Waals surface area contributed by atoms with Gasteiger partial charge >= 0.3 is 0 Å². The largest absolute Gasteiger partial charge is 0.487 e. The summed E-state index contributed by atoms with van der Waals surface area (Å²) in [7, 11) is 0. The number of hydrogen-bond acceptors (Lipinski definition) is 5. The summed E-state index contributed by atoms with van der Waals surface area (Å²) in [5, 5.41) is 11.5. The Morgan fingerprint density at radius 1 is 1.32 bits per heavy atom. The van der Waals surface area contributed by atoms with Gasteiger partial charge in [0.2, 0.25) is 0 Å². The molecule has 0 N–H and O–H groups in total. The van der Waals surface area contributed by atoms with Crippen LogP contribution in [0.2, 0.25) is 5.02 Å². The fourth-order valence-electron chi connectivity index (χ4n) is 2.21. The number of ether oxygens (including phenoxy) is 3. The summed E-state index contributed by atoms with van der Waals surface area (Å²) in [6.07, 6.45) is 0. The highest BCUT2D eigenvalue weighted by molar-refractivity contribution is 6.32. The predicted octanol–water partition coefficient (Wildman–Crippen LogP) is 3.69. The van der Waals surface area contributed by atoms with Crippen molar-refractivity contribution in [3.8, 4) is 11.5 Å². The molecule has 1 aliphatic rings. The lowest BCUT2D eigenvalue weighted by molar-refractivity contribution is -0.385. The highest BCUT2D eigenvalue weighted by Gasteiger charge is 2.21. The lowest BCUT2D eigenvalue weighted by Crippen LogP contribution is -2.14. The van der Waals surface area contributed by atoms with Gasteiger partial charge in [-0.15, -0.1) is 0 Å². The van der Waals surface area contributed by atoms with Crippen LogP contribution in [-0.2, 0) is 18.0 Å². The van der Waals surface area contributed by atoms with E-state index < -0.39 is 4.92 Å². The van der Waals surface area contributed by atoms with Crippen LogP contribution in [0.4, 0.5) is 5.69 Å². The van der Waals surface area contributed by atoms with E-state index >= 15 is 0 Å². The minimum atomic E-state index is -0.451. The number of non-ortho nitro benzene ring substituents is 1. The molecule has 114 valence electrons. The fourth-order valence-corrected chi connectivity index (χ4v) is 2.40. The van der Waals surface area contributed by atoms with Crippen molar-refractivity contribution >= 4 is 17.3 Å². The van der Waals surface area contributed by atoms with Crippen molar-refractivity contribution in [1.82, 2.24) is 0 Å². The minimum Gasteiger partial charge on any atom is -0.487 e. The summed E-state index contributed by atoms with van der Waals surface area (Å²) >= 11 is 6.03. The highest BCUT2D eigenvalue weighted by Crippen LogP contribution is 2.34. The van der Waals surface area contributed by atoms with E-state index in [2.05, 4.69) is 0 Å². The fraction of sp³-hybridized carbons (Fsp3) is 0.200. The van der Waals surface area contributed by atoms with Gasteiger partial charge in [-0.2, -0.15) is 0 Å². The van der Waals surface area contributed by atoms with Crippen molar-refractivity contribution in [3.63, 3.8) is 0 Å². The van der Waals surface area contributed by atoms with Gasteiger partial charge in [-0.1, -0.05) is 23.7 Å². The molecule has 3 rings (SSSR count). The molecular formula is C15H12ClNO5. The van der Waals surface area contributed by atoms with E-state index in [1.54, 1.807) is 24.3 Å². The first kappa shape index (κ1) is 14.6. The SMILES string of the molecule is O=[N+]([O-])c1cc2c(c(COc3ccccc3Cl)c1)OCOC2. The molecule has 0 bridgehead atoms. The van der Waals surface area contributed by atoms with Gasteiger partial charge in [0.1, 0.15) is 18.1 Å². The number of para-hydroxylation sites is 1. The van der Waals surface area contributed by atoms with Crippen LogP contribution in [0.3, 0.4) is 0 Å². The molecule has 2 aromatic carbocycles. The van der Waals surface area contributed by atoms with E-state index in [-0.39, 0.29) is 25.7 Å². The van der Waals surface area contributed by atoms with Crippen molar-refractivity contribution in [2.24, 2.45) is 0 Å². The number of rotatable bonds is 4. The predicted molar refractivity (Wildman–Crippen MR) is 79.2 cm³/mol. The number of hydrogen-bond donors (Lipinski definition) is 0. The maximum absolute atomic E-state index is 11.0. The Labute approximate surface area is 131 Å². The van der Waals surface area contributed by atoms with Crippen LogP contribution in [0, 0.1) is 10.1 Å². The van der Waals surface area contributed by atoms with E-state index in [0.717, 1.165) is 0 Å². The Kier molecular flexibility index (Phi) is 4.13. The van der Waals surface area contributed by atoms with Crippen LogP contribution in [0.5, 0.6) is 11.5 Å². The molecule has 0 aliphatic carbocycles. The summed E-state index contributed by atoms with van der Waals surface area (Å²) in [6, 6.07) is 9.94. The van der Waals surface area contributed by atoms with Crippen LogP contribution in [0.25, 0.3) is 0 Å². The van der Waals surface area contributed by atoms with E-state index in [4.69, 9.17) is 25.8 Å². The highest BCUT2D eigenvalue weighted by atomic mass is 35.5. The monoisotopic (exact) mass is 321 g/mol. The number of nitro groups is 1. The molecule has 2 aromatic rings. The van der Waals surface area contributed by atoms with Crippen molar-refractivity contribution < 1.29 is 19.1 Å². The molecular weight excluding hydrogens is 310 g/mol. The topological polar surface area (TPSA) is 70.8 Å². The quantitative estimate of drug-likeness (QED) is 0.634. The van der Waals surface area contributed by atoms with Crippen LogP contribution in [0.15, 0.2) is 36.4 Å². The van der Waals surface area contributed by atoms with Gasteiger partial charge in [-0.3, -0.25) is 10.1 Å². The molecule has 0 saturated carbocycles. The summed E-state index contributed by atoms with van der Waals surface area (Å²) in [5.41, 5.74) is 1.20.